The molecule has 1 atom stereocenters. The minimum absolute atomic E-state index is 0.0807. The fourth-order valence-corrected chi connectivity index (χ4v) is 2.76. The predicted octanol–water partition coefficient (Wildman–Crippen LogP) is 2.47. The van der Waals surface area contributed by atoms with Gasteiger partial charge in [0.2, 0.25) is 0 Å². The molecule has 0 aliphatic rings. The van der Waals surface area contributed by atoms with E-state index in [9.17, 15) is 18.7 Å². The van der Waals surface area contributed by atoms with Gasteiger partial charge in [0.15, 0.2) is 11.6 Å². The van der Waals surface area contributed by atoms with Crippen molar-refractivity contribution in [1.29, 1.82) is 0 Å². The van der Waals surface area contributed by atoms with Crippen molar-refractivity contribution in [2.24, 2.45) is 0 Å². The lowest BCUT2D eigenvalue weighted by molar-refractivity contribution is 0.154. The molecular formula is C14H10F2N2O2S. The second kappa shape index (κ2) is 5.34. The van der Waals surface area contributed by atoms with E-state index in [1.807, 2.05) is 0 Å². The van der Waals surface area contributed by atoms with Gasteiger partial charge in [0.05, 0.1) is 24.4 Å². The highest BCUT2D eigenvalue weighted by atomic mass is 32.1. The molecule has 0 aliphatic carbocycles. The molecule has 2 aromatic heterocycles. The van der Waals surface area contributed by atoms with Gasteiger partial charge in [-0.1, -0.05) is 6.07 Å². The molecule has 0 fully saturated rings. The van der Waals surface area contributed by atoms with Crippen molar-refractivity contribution in [3.63, 3.8) is 0 Å². The Bertz CT molecular complexity index is 860. The first-order valence-electron chi connectivity index (χ1n) is 6.12. The molecule has 0 spiro atoms. The minimum Gasteiger partial charge on any atom is -0.387 e. The third-order valence-corrected chi connectivity index (χ3v) is 3.97. The van der Waals surface area contributed by atoms with Crippen molar-refractivity contribution < 1.29 is 13.9 Å². The molecule has 0 saturated carbocycles. The van der Waals surface area contributed by atoms with E-state index < -0.39 is 17.7 Å². The summed E-state index contributed by atoms with van der Waals surface area (Å²) >= 11 is 1.35. The number of benzene rings is 1. The van der Waals surface area contributed by atoms with Gasteiger partial charge in [0.1, 0.15) is 4.83 Å². The highest BCUT2D eigenvalue weighted by Crippen LogP contribution is 2.18. The minimum atomic E-state index is -1.13. The Morgan fingerprint density at radius 1 is 1.29 bits per heavy atom. The lowest BCUT2D eigenvalue weighted by Gasteiger charge is -2.13. The van der Waals surface area contributed by atoms with Crippen LogP contribution < -0.4 is 5.56 Å². The van der Waals surface area contributed by atoms with Crippen molar-refractivity contribution in [2.75, 3.05) is 0 Å². The van der Waals surface area contributed by atoms with Crippen LogP contribution in [-0.2, 0) is 6.54 Å². The van der Waals surface area contributed by atoms with Crippen LogP contribution in [0.25, 0.3) is 10.2 Å². The molecule has 0 bridgehead atoms. The second-order valence-electron chi connectivity index (χ2n) is 4.53. The Morgan fingerprint density at radius 3 is 2.86 bits per heavy atom. The van der Waals surface area contributed by atoms with Gasteiger partial charge in [-0.25, -0.2) is 13.8 Å². The number of nitrogens with zero attached hydrogens (tertiary/aromatic N) is 2. The molecule has 1 unspecified atom stereocenters. The van der Waals surface area contributed by atoms with E-state index in [4.69, 9.17) is 0 Å². The van der Waals surface area contributed by atoms with Crippen molar-refractivity contribution in [1.82, 2.24) is 9.55 Å². The van der Waals surface area contributed by atoms with Crippen LogP contribution in [0.3, 0.4) is 0 Å². The molecule has 4 nitrogen and oxygen atoms in total. The number of thiophene rings is 1. The molecule has 1 aromatic carbocycles. The fourth-order valence-electron chi connectivity index (χ4n) is 2.03. The molecule has 21 heavy (non-hydrogen) atoms. The maximum Gasteiger partial charge on any atom is 0.262 e. The number of halogens is 2. The third kappa shape index (κ3) is 2.57. The zero-order valence-corrected chi connectivity index (χ0v) is 11.5. The zero-order chi connectivity index (χ0) is 15.0. The maximum absolute atomic E-state index is 13.2. The van der Waals surface area contributed by atoms with E-state index in [0.717, 1.165) is 12.1 Å². The van der Waals surface area contributed by atoms with Gasteiger partial charge in [-0.15, -0.1) is 11.3 Å². The van der Waals surface area contributed by atoms with Crippen molar-refractivity contribution in [3.05, 3.63) is 63.5 Å². The molecule has 3 aromatic rings. The van der Waals surface area contributed by atoms with E-state index in [2.05, 4.69) is 4.98 Å². The lowest BCUT2D eigenvalue weighted by Crippen LogP contribution is -2.23. The summed E-state index contributed by atoms with van der Waals surface area (Å²) in [5.41, 5.74) is -0.0749. The summed E-state index contributed by atoms with van der Waals surface area (Å²) < 4.78 is 27.3. The summed E-state index contributed by atoms with van der Waals surface area (Å²) in [4.78, 5) is 16.9. The summed E-state index contributed by atoms with van der Waals surface area (Å²) in [5.74, 6) is -2.02. The predicted molar refractivity (Wildman–Crippen MR) is 75.2 cm³/mol. The average Bonchev–Trinajstić information content (AvgIpc) is 2.94. The molecule has 0 radical (unpaired) electrons. The van der Waals surface area contributed by atoms with Crippen LogP contribution in [0.4, 0.5) is 8.78 Å². The van der Waals surface area contributed by atoms with Crippen LogP contribution in [-0.4, -0.2) is 14.7 Å². The maximum atomic E-state index is 13.2. The second-order valence-corrected chi connectivity index (χ2v) is 5.43. The number of aromatic nitrogens is 2. The van der Waals surface area contributed by atoms with Crippen LogP contribution in [0.1, 0.15) is 11.7 Å². The number of rotatable bonds is 3. The number of fused-ring (bicyclic) bond motifs is 1. The highest BCUT2D eigenvalue weighted by molar-refractivity contribution is 7.16. The van der Waals surface area contributed by atoms with E-state index in [-0.39, 0.29) is 17.7 Å². The van der Waals surface area contributed by atoms with Crippen LogP contribution in [0, 0.1) is 11.6 Å². The normalized spacial score (nSPS) is 12.7. The molecule has 2 heterocycles. The molecule has 3 rings (SSSR count). The van der Waals surface area contributed by atoms with Crippen molar-refractivity contribution in [2.45, 2.75) is 12.6 Å². The van der Waals surface area contributed by atoms with Gasteiger partial charge in [-0.3, -0.25) is 9.36 Å². The highest BCUT2D eigenvalue weighted by Gasteiger charge is 2.13. The zero-order valence-electron chi connectivity index (χ0n) is 10.7. The molecule has 0 aliphatic heterocycles. The Kier molecular flexibility index (Phi) is 3.52. The Hall–Kier alpha value is -2.12. The molecule has 0 amide bonds. The van der Waals surface area contributed by atoms with Gasteiger partial charge >= 0.3 is 0 Å². The van der Waals surface area contributed by atoms with Crippen LogP contribution in [0.5, 0.6) is 0 Å². The first-order chi connectivity index (χ1) is 10.1. The van der Waals surface area contributed by atoms with Crippen LogP contribution in [0.15, 0.2) is 40.8 Å². The first-order valence-corrected chi connectivity index (χ1v) is 7.00. The summed E-state index contributed by atoms with van der Waals surface area (Å²) in [6.07, 6.45) is 0.209. The van der Waals surface area contributed by atoms with Gasteiger partial charge in [-0.05, 0) is 29.1 Å². The SMILES string of the molecule is O=c1c2ccsc2ncn1CC(O)c1ccc(F)c(F)c1. The number of aliphatic hydroxyl groups is 1. The fraction of sp³-hybridized carbons (Fsp3) is 0.143. The van der Waals surface area contributed by atoms with E-state index >= 15 is 0 Å². The van der Waals surface area contributed by atoms with Crippen molar-refractivity contribution in [3.8, 4) is 0 Å². The summed E-state index contributed by atoms with van der Waals surface area (Å²) in [7, 11) is 0. The van der Waals surface area contributed by atoms with E-state index in [1.54, 1.807) is 11.4 Å². The summed E-state index contributed by atoms with van der Waals surface area (Å²) in [5, 5.41) is 12.3. The molecule has 7 heteroatoms. The van der Waals surface area contributed by atoms with Crippen molar-refractivity contribution >= 4 is 21.6 Å². The van der Waals surface area contributed by atoms with Gasteiger partial charge in [0.25, 0.3) is 5.56 Å². The lowest BCUT2D eigenvalue weighted by atomic mass is 10.1. The molecule has 1 N–H and O–H groups in total. The van der Waals surface area contributed by atoms with Gasteiger partial charge < -0.3 is 5.11 Å². The summed E-state index contributed by atoms with van der Waals surface area (Å²) in [6.45, 7) is -0.0807. The van der Waals surface area contributed by atoms with Crippen LogP contribution >= 0.6 is 11.3 Å². The average molecular weight is 308 g/mol. The summed E-state index contributed by atoms with van der Waals surface area (Å²) in [6, 6.07) is 4.80. The number of aliphatic hydroxyl groups excluding tert-OH is 1. The molecular weight excluding hydrogens is 298 g/mol. The third-order valence-electron chi connectivity index (χ3n) is 3.15. The Morgan fingerprint density at radius 2 is 2.10 bits per heavy atom. The molecule has 108 valence electrons. The standard InChI is InChI=1S/C14H10F2N2O2S/c15-10-2-1-8(5-11(10)16)12(19)6-18-7-17-13-9(14(18)20)3-4-21-13/h1-5,7,12,19H,6H2. The largest absolute Gasteiger partial charge is 0.387 e. The Labute approximate surface area is 121 Å². The monoisotopic (exact) mass is 308 g/mol. The Balaban J connectivity index is 1.92. The van der Waals surface area contributed by atoms with Crippen LogP contribution in [0.2, 0.25) is 0 Å². The molecule has 0 saturated heterocycles. The quantitative estimate of drug-likeness (QED) is 0.808. The van der Waals surface area contributed by atoms with E-state index in [1.165, 1.54) is 28.3 Å². The van der Waals surface area contributed by atoms with Gasteiger partial charge in [-0.2, -0.15) is 0 Å². The topological polar surface area (TPSA) is 55.1 Å². The number of hydrogen-bond acceptors (Lipinski definition) is 4. The number of hydrogen-bond donors (Lipinski definition) is 1. The van der Waals surface area contributed by atoms with Gasteiger partial charge in [0, 0.05) is 0 Å². The smallest absolute Gasteiger partial charge is 0.262 e. The van der Waals surface area contributed by atoms with E-state index in [0.29, 0.717) is 10.2 Å². The first kappa shape index (κ1) is 13.8.